The number of para-hydroxylation sites is 4. The van der Waals surface area contributed by atoms with E-state index < -0.39 is 11.7 Å². The van der Waals surface area contributed by atoms with E-state index in [0.717, 1.165) is 103 Å². The number of hydrogen-bond acceptors (Lipinski definition) is 4. The SMILES string of the molecule is CCCCCC(C)(C)c1ccccc1OC1(Oc2ccccc2C(C)(C)CCCCC)CCC[N]C1(Oc1ccccc1C(C)(C)CCCCC)Oc1ccccc1C(C)(C)CCCCC. The van der Waals surface area contributed by atoms with Crippen molar-refractivity contribution in [3.8, 4) is 23.0 Å². The summed E-state index contributed by atoms with van der Waals surface area (Å²) in [5, 5.41) is 5.61. The maximum Gasteiger partial charge on any atom is 0.410 e. The van der Waals surface area contributed by atoms with Gasteiger partial charge in [0.15, 0.2) is 0 Å². The standard InChI is InChI=1S/C61H90NO4/c1-13-17-29-42-56(5,6)48-34-21-25-38-52(48)63-60(64-53-39-26-22-35-49(53)57(7,8)43-30-18-14-2)46-33-47-62-61(60,65-54-40-27-23-36-50(54)58(9,10)44-31-19-15-3)66-55-41-28-24-37-51(55)59(11,12)45-32-20-16-4/h21-28,34-41H,13-20,29-33,42-47H2,1-12H3. The molecule has 0 N–H and O–H groups in total. The van der Waals surface area contributed by atoms with Gasteiger partial charge in [-0.1, -0.05) is 233 Å². The molecule has 1 fully saturated rings. The molecular weight excluding hydrogens is 811 g/mol. The van der Waals surface area contributed by atoms with Crippen LogP contribution in [0.2, 0.25) is 0 Å². The fraction of sp³-hybridized carbons (Fsp3) is 0.607. The third kappa shape index (κ3) is 13.2. The van der Waals surface area contributed by atoms with Gasteiger partial charge in [-0.3, -0.25) is 0 Å². The number of ether oxygens (including phenoxy) is 4. The molecule has 4 aromatic carbocycles. The Morgan fingerprint density at radius 3 is 0.955 bits per heavy atom. The lowest BCUT2D eigenvalue weighted by Crippen LogP contribution is -2.74. The minimum Gasteiger partial charge on any atom is -0.444 e. The van der Waals surface area contributed by atoms with Crippen LogP contribution in [-0.4, -0.2) is 18.2 Å². The summed E-state index contributed by atoms with van der Waals surface area (Å²) < 4.78 is 31.2. The van der Waals surface area contributed by atoms with Crippen LogP contribution < -0.4 is 24.3 Å². The first-order chi connectivity index (χ1) is 31.5. The Hall–Kier alpha value is -3.96. The normalized spacial score (nSPS) is 15.3. The third-order valence-corrected chi connectivity index (χ3v) is 14.6. The first-order valence-electron chi connectivity index (χ1n) is 26.3. The van der Waals surface area contributed by atoms with Crippen LogP contribution in [0.25, 0.3) is 0 Å². The molecule has 5 heteroatoms. The maximum absolute atomic E-state index is 7.84. The molecule has 1 heterocycles. The molecule has 5 nitrogen and oxygen atoms in total. The van der Waals surface area contributed by atoms with Crippen LogP contribution in [0.1, 0.15) is 221 Å². The second kappa shape index (κ2) is 23.9. The Kier molecular flexibility index (Phi) is 19.2. The summed E-state index contributed by atoms with van der Waals surface area (Å²) in [4.78, 5) is 0. The van der Waals surface area contributed by atoms with E-state index in [9.17, 15) is 0 Å². The lowest BCUT2D eigenvalue weighted by Gasteiger charge is -2.50. The maximum atomic E-state index is 7.84. The summed E-state index contributed by atoms with van der Waals surface area (Å²) >= 11 is 0. The molecule has 0 unspecified atom stereocenters. The number of rotatable bonds is 28. The number of hydrogen-bond donors (Lipinski definition) is 0. The van der Waals surface area contributed by atoms with E-state index in [0.29, 0.717) is 13.0 Å². The Morgan fingerprint density at radius 2 is 0.667 bits per heavy atom. The first-order valence-corrected chi connectivity index (χ1v) is 26.3. The third-order valence-electron chi connectivity index (χ3n) is 14.6. The number of piperidine rings is 1. The summed E-state index contributed by atoms with van der Waals surface area (Å²) in [6.45, 7) is 28.4. The quantitative estimate of drug-likeness (QED) is 0.0421. The van der Waals surface area contributed by atoms with Gasteiger partial charge in [0.2, 0.25) is 0 Å². The van der Waals surface area contributed by atoms with E-state index in [2.05, 4.69) is 180 Å². The van der Waals surface area contributed by atoms with Crippen molar-refractivity contribution in [1.29, 1.82) is 0 Å². The Labute approximate surface area is 403 Å². The van der Waals surface area contributed by atoms with Crippen LogP contribution in [0, 0.1) is 0 Å². The molecule has 0 spiro atoms. The van der Waals surface area contributed by atoms with Crippen molar-refractivity contribution in [3.05, 3.63) is 119 Å². The summed E-state index contributed by atoms with van der Waals surface area (Å²) in [5.41, 5.74) is 3.83. The van der Waals surface area contributed by atoms with Gasteiger partial charge in [-0.2, -0.15) is 5.32 Å². The lowest BCUT2D eigenvalue weighted by atomic mass is 9.79. The molecule has 0 aromatic heterocycles. The average Bonchev–Trinajstić information content (AvgIpc) is 3.28. The highest BCUT2D eigenvalue weighted by Crippen LogP contribution is 2.49. The van der Waals surface area contributed by atoms with Crippen LogP contribution in [0.15, 0.2) is 97.1 Å². The van der Waals surface area contributed by atoms with E-state index in [-0.39, 0.29) is 21.7 Å². The monoisotopic (exact) mass is 901 g/mol. The molecule has 1 saturated heterocycles. The van der Waals surface area contributed by atoms with Crippen molar-refractivity contribution < 1.29 is 18.9 Å². The van der Waals surface area contributed by atoms with E-state index in [1.807, 2.05) is 0 Å². The molecule has 1 aliphatic rings. The first kappa shape index (κ1) is 53.0. The van der Waals surface area contributed by atoms with Crippen molar-refractivity contribution in [2.45, 2.75) is 232 Å². The van der Waals surface area contributed by atoms with Crippen LogP contribution >= 0.6 is 0 Å². The summed E-state index contributed by atoms with van der Waals surface area (Å²) in [7, 11) is 0. The highest BCUT2D eigenvalue weighted by atomic mass is 16.8. The fourth-order valence-corrected chi connectivity index (χ4v) is 10.2. The summed E-state index contributed by atoms with van der Waals surface area (Å²) in [6.07, 6.45) is 19.3. The predicted octanol–water partition coefficient (Wildman–Crippen LogP) is 17.5. The second-order valence-electron chi connectivity index (χ2n) is 22.1. The highest BCUT2D eigenvalue weighted by molar-refractivity contribution is 5.45. The van der Waals surface area contributed by atoms with Gasteiger partial charge in [-0.15, -0.1) is 0 Å². The predicted molar refractivity (Wildman–Crippen MR) is 279 cm³/mol. The van der Waals surface area contributed by atoms with E-state index in [4.69, 9.17) is 24.3 Å². The molecular formula is C61H90NO4. The molecule has 0 atom stereocenters. The summed E-state index contributed by atoms with van der Waals surface area (Å²) in [6, 6.07) is 34.3. The van der Waals surface area contributed by atoms with Crippen molar-refractivity contribution in [2.24, 2.45) is 0 Å². The smallest absolute Gasteiger partial charge is 0.410 e. The Morgan fingerprint density at radius 1 is 0.394 bits per heavy atom. The van der Waals surface area contributed by atoms with Crippen molar-refractivity contribution in [3.63, 3.8) is 0 Å². The van der Waals surface area contributed by atoms with Crippen LogP contribution in [0.4, 0.5) is 0 Å². The molecule has 0 saturated carbocycles. The van der Waals surface area contributed by atoms with Gasteiger partial charge in [0, 0.05) is 24.1 Å². The Bertz CT molecular complexity index is 1780. The molecule has 1 radical (unpaired) electrons. The van der Waals surface area contributed by atoms with Crippen LogP contribution in [-0.2, 0) is 21.7 Å². The Balaban J connectivity index is 1.83. The molecule has 0 aliphatic carbocycles. The van der Waals surface area contributed by atoms with Gasteiger partial charge in [-0.25, -0.2) is 0 Å². The zero-order valence-corrected chi connectivity index (χ0v) is 43.8. The molecule has 4 aromatic rings. The van der Waals surface area contributed by atoms with Crippen molar-refractivity contribution in [2.75, 3.05) is 6.54 Å². The zero-order chi connectivity index (χ0) is 47.9. The number of benzene rings is 4. The molecule has 363 valence electrons. The van der Waals surface area contributed by atoms with Gasteiger partial charge in [0.25, 0.3) is 0 Å². The minimum atomic E-state index is -1.78. The van der Waals surface area contributed by atoms with Gasteiger partial charge in [-0.05, 0) is 89.2 Å². The lowest BCUT2D eigenvalue weighted by molar-refractivity contribution is -0.334. The van der Waals surface area contributed by atoms with Gasteiger partial charge >= 0.3 is 11.7 Å². The molecule has 0 amide bonds. The van der Waals surface area contributed by atoms with E-state index in [1.54, 1.807) is 0 Å². The number of nitrogens with zero attached hydrogens (tertiary/aromatic N) is 1. The topological polar surface area (TPSA) is 51.0 Å². The molecule has 5 rings (SSSR count). The minimum absolute atomic E-state index is 0.174. The fourth-order valence-electron chi connectivity index (χ4n) is 10.2. The summed E-state index contributed by atoms with van der Waals surface area (Å²) in [5.74, 6) is -0.336. The second-order valence-corrected chi connectivity index (χ2v) is 22.1. The van der Waals surface area contributed by atoms with E-state index in [1.165, 1.54) is 51.4 Å². The van der Waals surface area contributed by atoms with Crippen LogP contribution in [0.3, 0.4) is 0 Å². The van der Waals surface area contributed by atoms with Crippen molar-refractivity contribution >= 4 is 0 Å². The van der Waals surface area contributed by atoms with Crippen molar-refractivity contribution in [1.82, 2.24) is 5.32 Å². The van der Waals surface area contributed by atoms with Gasteiger partial charge in [0.1, 0.15) is 23.0 Å². The van der Waals surface area contributed by atoms with Gasteiger partial charge in [0.05, 0.1) is 0 Å². The van der Waals surface area contributed by atoms with Gasteiger partial charge < -0.3 is 18.9 Å². The molecule has 66 heavy (non-hydrogen) atoms. The average molecular weight is 901 g/mol. The zero-order valence-electron chi connectivity index (χ0n) is 43.8. The number of unbranched alkanes of at least 4 members (excludes halogenated alkanes) is 8. The van der Waals surface area contributed by atoms with E-state index >= 15 is 0 Å². The largest absolute Gasteiger partial charge is 0.444 e. The molecule has 0 bridgehead atoms. The highest BCUT2D eigenvalue weighted by Gasteiger charge is 2.66. The molecule has 1 aliphatic heterocycles. The van der Waals surface area contributed by atoms with Crippen LogP contribution in [0.5, 0.6) is 23.0 Å².